The number of ether oxygens (including phenoxy) is 2. The van der Waals surface area contributed by atoms with Crippen LogP contribution in [0.15, 0.2) is 18.2 Å². The van der Waals surface area contributed by atoms with E-state index >= 15 is 0 Å². The molecule has 4 heteroatoms. The summed E-state index contributed by atoms with van der Waals surface area (Å²) in [6.07, 6.45) is 1.11. The van der Waals surface area contributed by atoms with Gasteiger partial charge in [-0.15, -0.1) is 0 Å². The summed E-state index contributed by atoms with van der Waals surface area (Å²) >= 11 is 0. The summed E-state index contributed by atoms with van der Waals surface area (Å²) in [6, 6.07) is 4.22. The van der Waals surface area contributed by atoms with Crippen LogP contribution in [0.3, 0.4) is 0 Å². The molecule has 3 nitrogen and oxygen atoms in total. The summed E-state index contributed by atoms with van der Waals surface area (Å²) < 4.78 is 23.6. The van der Waals surface area contributed by atoms with Crippen molar-refractivity contribution in [2.75, 3.05) is 20.3 Å². The zero-order valence-electron chi connectivity index (χ0n) is 10.2. The maximum Gasteiger partial charge on any atom is 0.168 e. The van der Waals surface area contributed by atoms with Crippen molar-refractivity contribution >= 4 is 5.78 Å². The highest BCUT2D eigenvalue weighted by molar-refractivity contribution is 5.96. The highest BCUT2D eigenvalue weighted by atomic mass is 19.1. The molecule has 0 aromatic heterocycles. The summed E-state index contributed by atoms with van der Waals surface area (Å²) in [4.78, 5) is 11.7. The van der Waals surface area contributed by atoms with Crippen molar-refractivity contribution in [2.45, 2.75) is 19.8 Å². The van der Waals surface area contributed by atoms with Crippen LogP contribution < -0.4 is 4.74 Å². The number of benzene rings is 1. The lowest BCUT2D eigenvalue weighted by Gasteiger charge is -2.05. The Kier molecular flexibility index (Phi) is 5.63. The quantitative estimate of drug-likeness (QED) is 0.543. The van der Waals surface area contributed by atoms with Gasteiger partial charge in [-0.3, -0.25) is 4.79 Å². The third kappa shape index (κ3) is 4.15. The number of ketones is 1. The predicted molar refractivity (Wildman–Crippen MR) is 63.0 cm³/mol. The Morgan fingerprint density at radius 3 is 2.71 bits per heavy atom. The average Bonchev–Trinajstić information content (AvgIpc) is 2.34. The predicted octanol–water partition coefficient (Wildman–Crippen LogP) is 2.83. The SMILES string of the molecule is CCCOCCC(=O)c1ccc(OC)cc1F. The zero-order chi connectivity index (χ0) is 12.7. The van der Waals surface area contributed by atoms with E-state index in [2.05, 4.69) is 0 Å². The fourth-order valence-corrected chi connectivity index (χ4v) is 1.39. The lowest BCUT2D eigenvalue weighted by Crippen LogP contribution is -2.07. The minimum Gasteiger partial charge on any atom is -0.497 e. The largest absolute Gasteiger partial charge is 0.497 e. The fourth-order valence-electron chi connectivity index (χ4n) is 1.39. The van der Waals surface area contributed by atoms with Gasteiger partial charge in [-0.1, -0.05) is 6.92 Å². The van der Waals surface area contributed by atoms with E-state index in [-0.39, 0.29) is 17.8 Å². The van der Waals surface area contributed by atoms with E-state index in [1.807, 2.05) is 6.92 Å². The first-order valence-corrected chi connectivity index (χ1v) is 5.63. The number of hydrogen-bond acceptors (Lipinski definition) is 3. The zero-order valence-corrected chi connectivity index (χ0v) is 10.2. The van der Waals surface area contributed by atoms with Crippen LogP contribution in [0.1, 0.15) is 30.1 Å². The summed E-state index contributed by atoms with van der Waals surface area (Å²) in [6.45, 7) is 2.95. The van der Waals surface area contributed by atoms with Crippen LogP contribution >= 0.6 is 0 Å². The molecule has 0 aliphatic carbocycles. The Labute approximate surface area is 101 Å². The van der Waals surface area contributed by atoms with Crippen LogP contribution in [-0.2, 0) is 4.74 Å². The molecule has 0 radical (unpaired) electrons. The molecule has 0 amide bonds. The molecular weight excluding hydrogens is 223 g/mol. The van der Waals surface area contributed by atoms with E-state index in [4.69, 9.17) is 9.47 Å². The van der Waals surface area contributed by atoms with Crippen molar-refractivity contribution in [3.8, 4) is 5.75 Å². The van der Waals surface area contributed by atoms with Gasteiger partial charge in [-0.2, -0.15) is 0 Å². The van der Waals surface area contributed by atoms with Crippen LogP contribution in [0.4, 0.5) is 4.39 Å². The van der Waals surface area contributed by atoms with Crippen molar-refractivity contribution in [3.05, 3.63) is 29.6 Å². The van der Waals surface area contributed by atoms with Gasteiger partial charge in [-0.25, -0.2) is 4.39 Å². The van der Waals surface area contributed by atoms with Gasteiger partial charge in [0.05, 0.1) is 19.3 Å². The highest BCUT2D eigenvalue weighted by Gasteiger charge is 2.12. The molecule has 17 heavy (non-hydrogen) atoms. The summed E-state index contributed by atoms with van der Waals surface area (Å²) in [5.74, 6) is -0.396. The number of Topliss-reactive ketones (excluding diaryl/α,β-unsaturated/α-hetero) is 1. The topological polar surface area (TPSA) is 35.5 Å². The highest BCUT2D eigenvalue weighted by Crippen LogP contribution is 2.17. The molecule has 0 N–H and O–H groups in total. The molecule has 0 atom stereocenters. The Balaban J connectivity index is 2.57. The molecular formula is C13H17FO3. The van der Waals surface area contributed by atoms with Gasteiger partial charge in [0.25, 0.3) is 0 Å². The first-order valence-electron chi connectivity index (χ1n) is 5.63. The van der Waals surface area contributed by atoms with Gasteiger partial charge in [0, 0.05) is 19.1 Å². The molecule has 0 aliphatic rings. The van der Waals surface area contributed by atoms with E-state index in [0.29, 0.717) is 19.0 Å². The van der Waals surface area contributed by atoms with E-state index < -0.39 is 5.82 Å². The van der Waals surface area contributed by atoms with Crippen LogP contribution in [0.5, 0.6) is 5.75 Å². The van der Waals surface area contributed by atoms with Gasteiger partial charge >= 0.3 is 0 Å². The summed E-state index contributed by atoms with van der Waals surface area (Å²) in [7, 11) is 1.45. The molecule has 0 bridgehead atoms. The first kappa shape index (κ1) is 13.6. The smallest absolute Gasteiger partial charge is 0.168 e. The van der Waals surface area contributed by atoms with E-state index in [9.17, 15) is 9.18 Å². The number of carbonyl (C=O) groups excluding carboxylic acids is 1. The maximum atomic E-state index is 13.5. The van der Waals surface area contributed by atoms with Crippen LogP contribution in [0.2, 0.25) is 0 Å². The van der Waals surface area contributed by atoms with Gasteiger partial charge in [0.1, 0.15) is 11.6 Å². The molecule has 1 rings (SSSR count). The molecule has 0 aliphatic heterocycles. The molecule has 0 spiro atoms. The van der Waals surface area contributed by atoms with Crippen molar-refractivity contribution in [2.24, 2.45) is 0 Å². The molecule has 0 fully saturated rings. The molecule has 94 valence electrons. The molecule has 0 saturated carbocycles. The average molecular weight is 240 g/mol. The third-order valence-electron chi connectivity index (χ3n) is 2.30. The van der Waals surface area contributed by atoms with Crippen molar-refractivity contribution in [3.63, 3.8) is 0 Å². The van der Waals surface area contributed by atoms with Crippen molar-refractivity contribution in [1.82, 2.24) is 0 Å². The molecule has 0 saturated heterocycles. The van der Waals surface area contributed by atoms with Gasteiger partial charge in [-0.05, 0) is 18.6 Å². The molecule has 1 aromatic rings. The Bertz CT molecular complexity index is 377. The standard InChI is InChI=1S/C13H17FO3/c1-3-7-17-8-6-13(15)11-5-4-10(16-2)9-12(11)14/h4-5,9H,3,6-8H2,1-2H3. The number of methoxy groups -OCH3 is 1. The van der Waals surface area contributed by atoms with Crippen molar-refractivity contribution in [1.29, 1.82) is 0 Å². The Morgan fingerprint density at radius 2 is 2.12 bits per heavy atom. The number of hydrogen-bond donors (Lipinski definition) is 0. The first-order chi connectivity index (χ1) is 8.19. The van der Waals surface area contributed by atoms with Gasteiger partial charge < -0.3 is 9.47 Å². The van der Waals surface area contributed by atoms with Crippen LogP contribution in [0.25, 0.3) is 0 Å². The van der Waals surface area contributed by atoms with Crippen LogP contribution in [0, 0.1) is 5.82 Å². The second kappa shape index (κ2) is 7.01. The van der Waals surface area contributed by atoms with Crippen molar-refractivity contribution < 1.29 is 18.7 Å². The summed E-state index contributed by atoms with van der Waals surface area (Å²) in [5.41, 5.74) is 0.0888. The fraction of sp³-hybridized carbons (Fsp3) is 0.462. The van der Waals surface area contributed by atoms with Gasteiger partial charge in [0.15, 0.2) is 5.78 Å². The Morgan fingerprint density at radius 1 is 1.35 bits per heavy atom. The van der Waals surface area contributed by atoms with E-state index in [1.165, 1.54) is 19.2 Å². The molecule has 0 heterocycles. The lowest BCUT2D eigenvalue weighted by molar-refractivity contribution is 0.0875. The van der Waals surface area contributed by atoms with Gasteiger partial charge in [0.2, 0.25) is 0 Å². The molecule has 0 unspecified atom stereocenters. The Hall–Kier alpha value is -1.42. The molecule has 1 aromatic carbocycles. The third-order valence-corrected chi connectivity index (χ3v) is 2.30. The van der Waals surface area contributed by atoms with E-state index in [0.717, 1.165) is 6.42 Å². The minimum atomic E-state index is -0.551. The maximum absolute atomic E-state index is 13.5. The second-order valence-corrected chi connectivity index (χ2v) is 3.63. The minimum absolute atomic E-state index is 0.0888. The number of rotatable bonds is 7. The number of carbonyl (C=O) groups is 1. The summed E-state index contributed by atoms with van der Waals surface area (Å²) in [5, 5.41) is 0. The van der Waals surface area contributed by atoms with Crippen LogP contribution in [-0.4, -0.2) is 26.1 Å². The number of halogens is 1. The normalized spacial score (nSPS) is 10.3. The second-order valence-electron chi connectivity index (χ2n) is 3.63. The lowest BCUT2D eigenvalue weighted by atomic mass is 10.1. The van der Waals surface area contributed by atoms with E-state index in [1.54, 1.807) is 6.07 Å². The monoisotopic (exact) mass is 240 g/mol.